The molecule has 0 heteroatoms. The van der Waals surface area contributed by atoms with Gasteiger partial charge in [0.05, 0.1) is 0 Å². The highest BCUT2D eigenvalue weighted by atomic mass is 14.6. The molecular weight excluding hydrogens is 132 g/mol. The van der Waals surface area contributed by atoms with E-state index in [1.54, 1.807) is 0 Å². The molecule has 66 valence electrons. The molecule has 0 heterocycles. The van der Waals surface area contributed by atoms with E-state index in [1.165, 1.54) is 12.8 Å². The van der Waals surface area contributed by atoms with Gasteiger partial charge in [0.1, 0.15) is 0 Å². The molecule has 0 bridgehead atoms. The second kappa shape index (κ2) is 2.80. The highest BCUT2D eigenvalue weighted by Gasteiger charge is 2.57. The van der Waals surface area contributed by atoms with Gasteiger partial charge in [-0.1, -0.05) is 41.0 Å². The van der Waals surface area contributed by atoms with Gasteiger partial charge in [0.25, 0.3) is 0 Å². The number of hydrogen-bond acceptors (Lipinski definition) is 0. The average molecular weight is 154 g/mol. The van der Waals surface area contributed by atoms with Crippen LogP contribution in [-0.4, -0.2) is 0 Å². The van der Waals surface area contributed by atoms with Crippen LogP contribution in [-0.2, 0) is 0 Å². The first kappa shape index (κ1) is 9.09. The van der Waals surface area contributed by atoms with Crippen LogP contribution in [0, 0.1) is 23.2 Å². The molecule has 1 aliphatic carbocycles. The highest BCUT2D eigenvalue weighted by Crippen LogP contribution is 2.64. The van der Waals surface area contributed by atoms with Gasteiger partial charge in [-0.25, -0.2) is 0 Å². The summed E-state index contributed by atoms with van der Waals surface area (Å²) >= 11 is 0. The minimum atomic E-state index is 0.697. The zero-order chi connectivity index (χ0) is 8.65. The lowest BCUT2D eigenvalue weighted by molar-refractivity contribution is 0.391. The topological polar surface area (TPSA) is 0 Å². The van der Waals surface area contributed by atoms with E-state index in [4.69, 9.17) is 0 Å². The summed E-state index contributed by atoms with van der Waals surface area (Å²) in [7, 11) is 0. The predicted octanol–water partition coefficient (Wildman–Crippen LogP) is 3.71. The molecule has 1 fully saturated rings. The van der Waals surface area contributed by atoms with E-state index in [1.807, 2.05) is 0 Å². The predicted molar refractivity (Wildman–Crippen MR) is 50.5 cm³/mol. The van der Waals surface area contributed by atoms with Crippen LogP contribution in [0.3, 0.4) is 0 Å². The Morgan fingerprint density at radius 3 is 2.18 bits per heavy atom. The van der Waals surface area contributed by atoms with Gasteiger partial charge in [0.2, 0.25) is 0 Å². The van der Waals surface area contributed by atoms with Crippen LogP contribution in [0.1, 0.15) is 47.5 Å². The van der Waals surface area contributed by atoms with Crippen molar-refractivity contribution in [3.63, 3.8) is 0 Å². The van der Waals surface area contributed by atoms with Crippen molar-refractivity contribution in [1.82, 2.24) is 0 Å². The first-order valence-electron chi connectivity index (χ1n) is 5.04. The van der Waals surface area contributed by atoms with E-state index in [0.717, 1.165) is 17.8 Å². The molecule has 1 aliphatic rings. The lowest BCUT2D eigenvalue weighted by atomic mass is 9.94. The summed E-state index contributed by atoms with van der Waals surface area (Å²) in [6, 6.07) is 0. The lowest BCUT2D eigenvalue weighted by Crippen LogP contribution is -2.02. The first-order valence-corrected chi connectivity index (χ1v) is 5.04. The molecule has 11 heavy (non-hydrogen) atoms. The fraction of sp³-hybridized carbons (Fsp3) is 1.00. The van der Waals surface area contributed by atoms with E-state index in [9.17, 15) is 0 Å². The standard InChI is InChI=1S/C11H22/c1-6-7-11(5)9(4)10(11)8(2)3/h8-10H,6-7H2,1-5H3. The van der Waals surface area contributed by atoms with Gasteiger partial charge < -0.3 is 0 Å². The van der Waals surface area contributed by atoms with Crippen molar-refractivity contribution in [2.75, 3.05) is 0 Å². The van der Waals surface area contributed by atoms with Crippen LogP contribution in [0.5, 0.6) is 0 Å². The van der Waals surface area contributed by atoms with Crippen LogP contribution in [0.2, 0.25) is 0 Å². The summed E-state index contributed by atoms with van der Waals surface area (Å²) in [5.74, 6) is 2.87. The van der Waals surface area contributed by atoms with Crippen molar-refractivity contribution in [3.05, 3.63) is 0 Å². The average Bonchev–Trinajstić information content (AvgIpc) is 2.36. The van der Waals surface area contributed by atoms with Crippen molar-refractivity contribution < 1.29 is 0 Å². The van der Waals surface area contributed by atoms with Gasteiger partial charge in [-0.05, 0) is 29.6 Å². The van der Waals surface area contributed by atoms with Crippen molar-refractivity contribution in [2.24, 2.45) is 23.2 Å². The molecular formula is C11H22. The molecule has 0 aliphatic heterocycles. The minimum absolute atomic E-state index is 0.697. The molecule has 0 nitrogen and oxygen atoms in total. The van der Waals surface area contributed by atoms with Crippen molar-refractivity contribution in [1.29, 1.82) is 0 Å². The van der Waals surface area contributed by atoms with Gasteiger partial charge in [0, 0.05) is 0 Å². The fourth-order valence-corrected chi connectivity index (χ4v) is 3.11. The Balaban J connectivity index is 2.50. The molecule has 0 aromatic heterocycles. The second-order valence-corrected chi connectivity index (χ2v) is 4.81. The van der Waals surface area contributed by atoms with Crippen LogP contribution < -0.4 is 0 Å². The molecule has 3 atom stereocenters. The Hall–Kier alpha value is 0. The van der Waals surface area contributed by atoms with Crippen molar-refractivity contribution in [2.45, 2.75) is 47.5 Å². The maximum absolute atomic E-state index is 2.46. The molecule has 0 aromatic carbocycles. The molecule has 0 aromatic rings. The zero-order valence-corrected chi connectivity index (χ0v) is 8.65. The smallest absolute Gasteiger partial charge is 0.0264 e. The maximum atomic E-state index is 2.46. The molecule has 0 saturated heterocycles. The number of rotatable bonds is 3. The third-order valence-electron chi connectivity index (χ3n) is 3.74. The third kappa shape index (κ3) is 1.32. The number of hydrogen-bond donors (Lipinski definition) is 0. The zero-order valence-electron chi connectivity index (χ0n) is 8.65. The summed E-state index contributed by atoms with van der Waals surface area (Å²) in [5, 5.41) is 0. The largest absolute Gasteiger partial charge is 0.0654 e. The van der Waals surface area contributed by atoms with E-state index in [2.05, 4.69) is 34.6 Å². The van der Waals surface area contributed by atoms with Crippen molar-refractivity contribution in [3.8, 4) is 0 Å². The Morgan fingerprint density at radius 2 is 1.91 bits per heavy atom. The molecule has 0 amide bonds. The van der Waals surface area contributed by atoms with E-state index >= 15 is 0 Å². The van der Waals surface area contributed by atoms with Crippen LogP contribution >= 0.6 is 0 Å². The highest BCUT2D eigenvalue weighted by molar-refractivity contribution is 5.05. The summed E-state index contributed by atoms with van der Waals surface area (Å²) in [6.07, 6.45) is 2.78. The molecule has 0 radical (unpaired) electrons. The van der Waals surface area contributed by atoms with E-state index in [0.29, 0.717) is 5.41 Å². The Kier molecular flexibility index (Phi) is 2.32. The summed E-state index contributed by atoms with van der Waals surface area (Å²) in [4.78, 5) is 0. The second-order valence-electron chi connectivity index (χ2n) is 4.81. The normalized spacial score (nSPS) is 43.1. The van der Waals surface area contributed by atoms with Gasteiger partial charge >= 0.3 is 0 Å². The minimum Gasteiger partial charge on any atom is -0.0654 e. The molecule has 3 unspecified atom stereocenters. The Morgan fingerprint density at radius 1 is 1.36 bits per heavy atom. The van der Waals surface area contributed by atoms with Crippen LogP contribution in [0.4, 0.5) is 0 Å². The molecule has 1 rings (SSSR count). The molecule has 0 spiro atoms. The van der Waals surface area contributed by atoms with Gasteiger partial charge in [-0.3, -0.25) is 0 Å². The van der Waals surface area contributed by atoms with Crippen molar-refractivity contribution >= 4 is 0 Å². The van der Waals surface area contributed by atoms with Crippen LogP contribution in [0.25, 0.3) is 0 Å². The molecule has 1 saturated carbocycles. The first-order chi connectivity index (χ1) is 5.04. The maximum Gasteiger partial charge on any atom is -0.0264 e. The Labute approximate surface area is 71.4 Å². The SMILES string of the molecule is CCCC1(C)C(C)C1C(C)C. The van der Waals surface area contributed by atoms with Gasteiger partial charge in [-0.2, -0.15) is 0 Å². The van der Waals surface area contributed by atoms with Crippen LogP contribution in [0.15, 0.2) is 0 Å². The lowest BCUT2D eigenvalue weighted by Gasteiger charge is -2.11. The van der Waals surface area contributed by atoms with E-state index in [-0.39, 0.29) is 0 Å². The summed E-state index contributed by atoms with van der Waals surface area (Å²) in [6.45, 7) is 11.9. The molecule has 0 N–H and O–H groups in total. The Bertz CT molecular complexity index is 137. The van der Waals surface area contributed by atoms with Gasteiger partial charge in [-0.15, -0.1) is 0 Å². The summed E-state index contributed by atoms with van der Waals surface area (Å²) in [5.41, 5.74) is 0.697. The third-order valence-corrected chi connectivity index (χ3v) is 3.74. The quantitative estimate of drug-likeness (QED) is 0.581. The fourth-order valence-electron chi connectivity index (χ4n) is 3.11. The van der Waals surface area contributed by atoms with Gasteiger partial charge in [0.15, 0.2) is 0 Å². The summed E-state index contributed by atoms with van der Waals surface area (Å²) < 4.78 is 0. The van der Waals surface area contributed by atoms with E-state index < -0.39 is 0 Å². The monoisotopic (exact) mass is 154 g/mol.